The number of piperidine rings is 2. The Balaban J connectivity index is 1.02. The van der Waals surface area contributed by atoms with E-state index in [4.69, 9.17) is 4.74 Å². The van der Waals surface area contributed by atoms with Crippen LogP contribution in [0.1, 0.15) is 95.8 Å². The molecule has 1 aliphatic carbocycles. The maximum absolute atomic E-state index is 14.4. The van der Waals surface area contributed by atoms with Gasteiger partial charge in [-0.2, -0.15) is 0 Å². The lowest BCUT2D eigenvalue weighted by molar-refractivity contribution is 0.0500. The van der Waals surface area contributed by atoms with Crippen molar-refractivity contribution in [3.63, 3.8) is 0 Å². The highest BCUT2D eigenvalue weighted by molar-refractivity contribution is 5.97. The second kappa shape index (κ2) is 15.4. The number of ether oxygens (including phenoxy) is 1. The topological polar surface area (TPSA) is 77.1 Å². The molecular weight excluding hydrogens is 605 g/mol. The zero-order valence-corrected chi connectivity index (χ0v) is 30.0. The third-order valence-electron chi connectivity index (χ3n) is 11.7. The van der Waals surface area contributed by atoms with Crippen molar-refractivity contribution in [2.75, 3.05) is 57.8 Å². The van der Waals surface area contributed by atoms with Gasteiger partial charge in [-0.1, -0.05) is 0 Å². The van der Waals surface area contributed by atoms with Gasteiger partial charge in [0.15, 0.2) is 11.6 Å². The minimum absolute atomic E-state index is 0.0394. The van der Waals surface area contributed by atoms with Crippen molar-refractivity contribution < 1.29 is 13.9 Å². The second-order valence-electron chi connectivity index (χ2n) is 15.8. The summed E-state index contributed by atoms with van der Waals surface area (Å²) in [6.07, 6.45) is 15.0. The van der Waals surface area contributed by atoms with Gasteiger partial charge >= 0.3 is 0 Å². The Morgan fingerprint density at radius 2 is 1.65 bits per heavy atom. The third kappa shape index (κ3) is 8.30. The highest BCUT2D eigenvalue weighted by Gasteiger charge is 2.39. The van der Waals surface area contributed by atoms with Gasteiger partial charge in [-0.05, 0) is 148 Å². The molecule has 1 aromatic carbocycles. The first-order chi connectivity index (χ1) is 23.1. The molecule has 1 spiro atoms. The Morgan fingerprint density at radius 1 is 0.958 bits per heavy atom. The molecule has 2 aromatic rings. The highest BCUT2D eigenvalue weighted by Crippen LogP contribution is 2.45. The molecule has 1 atom stereocenters. The summed E-state index contributed by atoms with van der Waals surface area (Å²) in [5.74, 6) is 1.36. The first-order valence-electron chi connectivity index (χ1n) is 18.6. The molecule has 0 radical (unpaired) electrons. The molecule has 4 heterocycles. The average molecular weight is 664 g/mol. The minimum atomic E-state index is -0.471. The molecule has 3 aliphatic heterocycles. The van der Waals surface area contributed by atoms with Gasteiger partial charge in [0.1, 0.15) is 17.9 Å². The van der Waals surface area contributed by atoms with Crippen molar-refractivity contribution in [1.29, 1.82) is 0 Å². The van der Waals surface area contributed by atoms with E-state index in [-0.39, 0.29) is 23.6 Å². The van der Waals surface area contributed by atoms with Gasteiger partial charge in [0.25, 0.3) is 5.91 Å². The number of nitrogens with one attached hydrogen (secondary N) is 1. The molecule has 4 fully saturated rings. The van der Waals surface area contributed by atoms with Crippen molar-refractivity contribution in [2.24, 2.45) is 11.3 Å². The smallest absolute Gasteiger partial charge is 0.258 e. The molecule has 264 valence electrons. The second-order valence-corrected chi connectivity index (χ2v) is 15.8. The number of amides is 1. The Labute approximate surface area is 287 Å². The van der Waals surface area contributed by atoms with Gasteiger partial charge < -0.3 is 29.7 Å². The number of halogens is 1. The fourth-order valence-electron chi connectivity index (χ4n) is 8.86. The van der Waals surface area contributed by atoms with Crippen LogP contribution in [0, 0.1) is 17.2 Å². The number of benzene rings is 1. The number of carbonyl (C=O) groups excluding carboxylic acids is 1. The predicted molar refractivity (Wildman–Crippen MR) is 189 cm³/mol. The molecular formula is C38H58FN7O2. The number of aromatic nitrogens is 2. The number of anilines is 1. The summed E-state index contributed by atoms with van der Waals surface area (Å²) in [4.78, 5) is 31.6. The zero-order valence-electron chi connectivity index (χ0n) is 30.0. The Hall–Kier alpha value is -2.82. The normalized spacial score (nSPS) is 23.0. The van der Waals surface area contributed by atoms with E-state index in [1.165, 1.54) is 95.7 Å². The minimum Gasteiger partial charge on any atom is -0.451 e. The maximum atomic E-state index is 14.4. The van der Waals surface area contributed by atoms with E-state index in [1.54, 1.807) is 17.4 Å². The third-order valence-corrected chi connectivity index (χ3v) is 11.7. The molecule has 1 amide bonds. The molecule has 1 saturated carbocycles. The van der Waals surface area contributed by atoms with Gasteiger partial charge in [0.2, 0.25) is 0 Å². The van der Waals surface area contributed by atoms with Crippen LogP contribution in [0.4, 0.5) is 10.2 Å². The van der Waals surface area contributed by atoms with Crippen LogP contribution in [0.15, 0.2) is 30.7 Å². The van der Waals surface area contributed by atoms with Gasteiger partial charge in [-0.15, -0.1) is 0 Å². The van der Waals surface area contributed by atoms with Crippen LogP contribution < -0.4 is 15.0 Å². The number of nitrogens with zero attached hydrogens (tertiary/aromatic N) is 6. The number of carbonyl (C=O) groups is 1. The van der Waals surface area contributed by atoms with Crippen molar-refractivity contribution >= 4 is 11.7 Å². The van der Waals surface area contributed by atoms with E-state index in [1.807, 2.05) is 27.7 Å². The monoisotopic (exact) mass is 663 g/mol. The molecule has 4 aliphatic rings. The summed E-state index contributed by atoms with van der Waals surface area (Å²) < 4.78 is 20.8. The molecule has 0 unspecified atom stereocenters. The molecule has 6 rings (SSSR count). The number of hydrogen-bond acceptors (Lipinski definition) is 8. The molecule has 48 heavy (non-hydrogen) atoms. The van der Waals surface area contributed by atoms with Gasteiger partial charge in [0.05, 0.1) is 11.8 Å². The Bertz CT molecular complexity index is 1350. The lowest BCUT2D eigenvalue weighted by Gasteiger charge is -2.47. The van der Waals surface area contributed by atoms with E-state index in [2.05, 4.69) is 37.0 Å². The van der Waals surface area contributed by atoms with Crippen LogP contribution in [0.3, 0.4) is 0 Å². The van der Waals surface area contributed by atoms with Crippen LogP contribution >= 0.6 is 0 Å². The van der Waals surface area contributed by atoms with Crippen LogP contribution in [-0.2, 0) is 0 Å². The largest absolute Gasteiger partial charge is 0.451 e. The summed E-state index contributed by atoms with van der Waals surface area (Å²) in [6, 6.07) is 5.49. The van der Waals surface area contributed by atoms with E-state index in [0.717, 1.165) is 31.9 Å². The van der Waals surface area contributed by atoms with Crippen molar-refractivity contribution in [3.8, 4) is 11.5 Å². The summed E-state index contributed by atoms with van der Waals surface area (Å²) in [7, 11) is 2.24. The summed E-state index contributed by atoms with van der Waals surface area (Å²) in [5.41, 5.74) is 0.759. The van der Waals surface area contributed by atoms with E-state index in [9.17, 15) is 9.18 Å². The summed E-state index contributed by atoms with van der Waals surface area (Å²) >= 11 is 0. The summed E-state index contributed by atoms with van der Waals surface area (Å²) in [5, 5.41) is 4.02. The SMILES string of the molecule is CC(C)N(C(=O)c1cc(F)ccc1Oc1cncnc1N1CC[C@@H](CN2CCC3(CCC(NC4CCN(C)CC4)CC3)CC2)C1)C(C)C. The van der Waals surface area contributed by atoms with Crippen molar-refractivity contribution in [2.45, 2.75) is 110 Å². The lowest BCUT2D eigenvalue weighted by atomic mass is 9.67. The molecule has 10 heteroatoms. The van der Waals surface area contributed by atoms with Crippen molar-refractivity contribution in [1.82, 2.24) is 30.0 Å². The van der Waals surface area contributed by atoms with E-state index < -0.39 is 5.82 Å². The van der Waals surface area contributed by atoms with Crippen LogP contribution in [-0.4, -0.2) is 108 Å². The molecule has 0 bridgehead atoms. The highest BCUT2D eigenvalue weighted by atomic mass is 19.1. The first-order valence-corrected chi connectivity index (χ1v) is 18.6. The van der Waals surface area contributed by atoms with Gasteiger partial charge in [-0.25, -0.2) is 14.4 Å². The van der Waals surface area contributed by atoms with Crippen LogP contribution in [0.5, 0.6) is 11.5 Å². The van der Waals surface area contributed by atoms with E-state index in [0.29, 0.717) is 34.9 Å². The molecule has 1 aromatic heterocycles. The van der Waals surface area contributed by atoms with Gasteiger partial charge in [0, 0.05) is 43.8 Å². The Kier molecular flexibility index (Phi) is 11.2. The average Bonchev–Trinajstić information content (AvgIpc) is 3.53. The molecule has 1 N–H and O–H groups in total. The maximum Gasteiger partial charge on any atom is 0.258 e. The van der Waals surface area contributed by atoms with Gasteiger partial charge in [-0.3, -0.25) is 4.79 Å². The molecule has 3 saturated heterocycles. The number of rotatable bonds is 10. The zero-order chi connectivity index (χ0) is 33.8. The molecule has 9 nitrogen and oxygen atoms in total. The predicted octanol–water partition coefficient (Wildman–Crippen LogP) is 6.20. The van der Waals surface area contributed by atoms with Crippen LogP contribution in [0.25, 0.3) is 0 Å². The first kappa shape index (κ1) is 35.0. The standard InChI is InChI=1S/C38H58FN7O2/c1-27(2)46(28(3)4)37(47)33-22-30(39)6-7-34(33)48-35-23-40-26-41-36(35)45-19-10-29(25-45)24-44-20-15-38(16-21-44)13-8-31(9-14-38)42-32-11-17-43(5)18-12-32/h6-7,22-23,26-29,31-32,42H,8-21,24-25H2,1-5H3/t29-/m0/s1. The van der Waals surface area contributed by atoms with Crippen molar-refractivity contribution in [3.05, 3.63) is 42.1 Å². The number of hydrogen-bond donors (Lipinski definition) is 1. The quantitative estimate of drug-likeness (QED) is 0.322. The summed E-state index contributed by atoms with van der Waals surface area (Å²) in [6.45, 7) is 15.6. The Morgan fingerprint density at radius 3 is 2.33 bits per heavy atom. The fourth-order valence-corrected chi connectivity index (χ4v) is 8.86. The lowest BCUT2D eigenvalue weighted by Crippen LogP contribution is -2.49. The fraction of sp³-hybridized carbons (Fsp3) is 0.711. The number of likely N-dealkylation sites (tertiary alicyclic amines) is 2. The van der Waals surface area contributed by atoms with Crippen LogP contribution in [0.2, 0.25) is 0 Å². The van der Waals surface area contributed by atoms with E-state index >= 15 is 0 Å².